The molecule has 29 heavy (non-hydrogen) atoms. The van der Waals surface area contributed by atoms with E-state index in [1.807, 2.05) is 17.7 Å². The highest BCUT2D eigenvalue weighted by molar-refractivity contribution is 6.42. The maximum atomic E-state index is 13.0. The SMILES string of the molecule is C=C1c2c(nc(N[C@@H]3CC[C@H](O)C3)n2C)N(C)C(=O)N1Cc1ccc(Cl)c(Cl)c1. The average molecular weight is 436 g/mol. The molecule has 0 radical (unpaired) electrons. The zero-order valence-electron chi connectivity index (χ0n) is 16.3. The van der Waals surface area contributed by atoms with Crippen molar-refractivity contribution in [3.05, 3.63) is 46.1 Å². The number of aliphatic hydroxyl groups excluding tert-OH is 1. The van der Waals surface area contributed by atoms with Crippen LogP contribution in [0.15, 0.2) is 24.8 Å². The lowest BCUT2D eigenvalue weighted by molar-refractivity contribution is 0.182. The molecule has 0 spiro atoms. The number of hydrogen-bond donors (Lipinski definition) is 2. The lowest BCUT2D eigenvalue weighted by Crippen LogP contribution is -2.44. The largest absolute Gasteiger partial charge is 0.393 e. The number of carbonyl (C=O) groups is 1. The van der Waals surface area contributed by atoms with Crippen molar-refractivity contribution in [3.63, 3.8) is 0 Å². The van der Waals surface area contributed by atoms with Gasteiger partial charge in [0, 0.05) is 20.1 Å². The minimum absolute atomic E-state index is 0.161. The number of urea groups is 1. The van der Waals surface area contributed by atoms with Gasteiger partial charge in [0.25, 0.3) is 0 Å². The Balaban J connectivity index is 1.62. The molecule has 0 unspecified atom stereocenters. The van der Waals surface area contributed by atoms with Gasteiger partial charge in [0.1, 0.15) is 5.69 Å². The minimum Gasteiger partial charge on any atom is -0.393 e. The van der Waals surface area contributed by atoms with E-state index >= 15 is 0 Å². The van der Waals surface area contributed by atoms with Crippen LogP contribution in [0.1, 0.15) is 30.5 Å². The first-order chi connectivity index (χ1) is 13.8. The monoisotopic (exact) mass is 435 g/mol. The summed E-state index contributed by atoms with van der Waals surface area (Å²) in [4.78, 5) is 20.8. The van der Waals surface area contributed by atoms with Gasteiger partial charge in [-0.05, 0) is 37.0 Å². The number of aliphatic hydroxyl groups is 1. The standard InChI is InChI=1S/C20H23Cl2N5O2/c1-11-17-18(24-19(25(17)2)23-13-5-6-14(28)9-13)26(3)20(29)27(11)10-12-4-7-15(21)16(22)8-12/h4,7-8,13-14,28H,1,5-6,9-10H2,2-3H3,(H,23,24)/t13-,14+/m1/s1. The normalized spacial score (nSPS) is 21.7. The zero-order valence-corrected chi connectivity index (χ0v) is 17.8. The number of nitrogens with zero attached hydrogens (tertiary/aromatic N) is 4. The Kier molecular flexibility index (Phi) is 5.23. The molecule has 1 aliphatic carbocycles. The van der Waals surface area contributed by atoms with Crippen molar-refractivity contribution in [1.29, 1.82) is 0 Å². The van der Waals surface area contributed by atoms with Crippen molar-refractivity contribution in [2.45, 2.75) is 38.0 Å². The number of fused-ring (bicyclic) bond motifs is 1. The molecule has 2 N–H and O–H groups in total. The van der Waals surface area contributed by atoms with E-state index in [2.05, 4.69) is 16.9 Å². The molecule has 4 rings (SSSR count). The number of hydrogen-bond acceptors (Lipinski definition) is 4. The van der Waals surface area contributed by atoms with Crippen LogP contribution in [0.2, 0.25) is 10.0 Å². The van der Waals surface area contributed by atoms with E-state index in [0.29, 0.717) is 40.5 Å². The third-order valence-corrected chi connectivity index (χ3v) is 6.31. The van der Waals surface area contributed by atoms with Crippen molar-refractivity contribution >= 4 is 46.7 Å². The molecule has 2 aliphatic rings. The fourth-order valence-electron chi connectivity index (χ4n) is 3.94. The molecular weight excluding hydrogens is 413 g/mol. The van der Waals surface area contributed by atoms with E-state index in [1.54, 1.807) is 24.1 Å². The van der Waals surface area contributed by atoms with Crippen LogP contribution in [-0.2, 0) is 13.6 Å². The molecule has 1 fully saturated rings. The van der Waals surface area contributed by atoms with Crippen LogP contribution < -0.4 is 10.2 Å². The average Bonchev–Trinajstić information content (AvgIpc) is 3.23. The Hall–Kier alpha value is -2.22. The van der Waals surface area contributed by atoms with Crippen LogP contribution in [0.25, 0.3) is 5.70 Å². The van der Waals surface area contributed by atoms with E-state index in [4.69, 9.17) is 23.2 Å². The van der Waals surface area contributed by atoms with Crippen molar-refractivity contribution < 1.29 is 9.90 Å². The number of halogens is 2. The van der Waals surface area contributed by atoms with E-state index in [9.17, 15) is 9.90 Å². The number of imidazole rings is 1. The van der Waals surface area contributed by atoms with Crippen molar-refractivity contribution in [1.82, 2.24) is 14.5 Å². The van der Waals surface area contributed by atoms with Crippen LogP contribution in [0.4, 0.5) is 16.6 Å². The molecule has 154 valence electrons. The minimum atomic E-state index is -0.275. The quantitative estimate of drug-likeness (QED) is 0.757. The number of rotatable bonds is 4. The highest BCUT2D eigenvalue weighted by Gasteiger charge is 2.36. The molecule has 1 saturated carbocycles. The van der Waals surface area contributed by atoms with Gasteiger partial charge in [-0.2, -0.15) is 4.98 Å². The smallest absolute Gasteiger partial charge is 0.330 e. The summed E-state index contributed by atoms with van der Waals surface area (Å²) >= 11 is 12.1. The molecule has 1 aliphatic heterocycles. The second-order valence-corrected chi connectivity index (χ2v) is 8.41. The summed E-state index contributed by atoms with van der Waals surface area (Å²) in [7, 11) is 3.59. The zero-order chi connectivity index (χ0) is 20.9. The number of aromatic nitrogens is 2. The molecule has 0 saturated heterocycles. The first-order valence-electron chi connectivity index (χ1n) is 9.46. The van der Waals surface area contributed by atoms with Gasteiger partial charge in [-0.3, -0.25) is 9.80 Å². The summed E-state index contributed by atoms with van der Waals surface area (Å²) in [6.07, 6.45) is 2.09. The number of amides is 2. The Labute approximate surface area is 179 Å². The number of nitrogens with one attached hydrogen (secondary N) is 1. The fourth-order valence-corrected chi connectivity index (χ4v) is 4.26. The van der Waals surface area contributed by atoms with Crippen LogP contribution in [0.3, 0.4) is 0 Å². The summed E-state index contributed by atoms with van der Waals surface area (Å²) in [6, 6.07) is 5.25. The Bertz CT molecular complexity index is 989. The molecule has 2 heterocycles. The number of benzene rings is 1. The highest BCUT2D eigenvalue weighted by atomic mass is 35.5. The lowest BCUT2D eigenvalue weighted by atomic mass is 10.1. The summed E-state index contributed by atoms with van der Waals surface area (Å²) in [5.41, 5.74) is 2.20. The van der Waals surface area contributed by atoms with Gasteiger partial charge in [0.2, 0.25) is 5.95 Å². The van der Waals surface area contributed by atoms with E-state index in [-0.39, 0.29) is 18.2 Å². The predicted octanol–water partition coefficient (Wildman–Crippen LogP) is 4.09. The third-order valence-electron chi connectivity index (χ3n) is 5.57. The Morgan fingerprint density at radius 1 is 1.28 bits per heavy atom. The van der Waals surface area contributed by atoms with E-state index in [0.717, 1.165) is 24.1 Å². The first-order valence-corrected chi connectivity index (χ1v) is 10.2. The van der Waals surface area contributed by atoms with Crippen LogP contribution in [-0.4, -0.2) is 44.8 Å². The fraction of sp³-hybridized carbons (Fsp3) is 0.400. The maximum absolute atomic E-state index is 13.0. The van der Waals surface area contributed by atoms with Crippen molar-refractivity contribution in [2.24, 2.45) is 7.05 Å². The molecule has 2 amide bonds. The molecule has 9 heteroatoms. The molecule has 0 bridgehead atoms. The van der Waals surface area contributed by atoms with Crippen LogP contribution in [0, 0.1) is 0 Å². The van der Waals surface area contributed by atoms with Gasteiger partial charge in [-0.1, -0.05) is 35.8 Å². The van der Waals surface area contributed by atoms with Gasteiger partial charge in [-0.15, -0.1) is 0 Å². The van der Waals surface area contributed by atoms with E-state index in [1.165, 1.54) is 4.90 Å². The molecule has 2 atom stereocenters. The number of carbonyl (C=O) groups excluding carboxylic acids is 1. The number of anilines is 2. The summed E-state index contributed by atoms with van der Waals surface area (Å²) in [6.45, 7) is 4.49. The van der Waals surface area contributed by atoms with Gasteiger partial charge < -0.3 is 15.0 Å². The first kappa shape index (κ1) is 20.1. The van der Waals surface area contributed by atoms with Crippen molar-refractivity contribution in [2.75, 3.05) is 17.3 Å². The maximum Gasteiger partial charge on any atom is 0.330 e. The van der Waals surface area contributed by atoms with Gasteiger partial charge in [-0.25, -0.2) is 4.79 Å². The Morgan fingerprint density at radius 2 is 2.03 bits per heavy atom. The molecule has 1 aromatic heterocycles. The predicted molar refractivity (Wildman–Crippen MR) is 115 cm³/mol. The summed E-state index contributed by atoms with van der Waals surface area (Å²) in [5, 5.41) is 14.1. The van der Waals surface area contributed by atoms with Gasteiger partial charge in [0.15, 0.2) is 5.82 Å². The van der Waals surface area contributed by atoms with E-state index < -0.39 is 0 Å². The molecule has 1 aromatic carbocycles. The van der Waals surface area contributed by atoms with Crippen molar-refractivity contribution in [3.8, 4) is 0 Å². The molecular formula is C20H23Cl2N5O2. The topological polar surface area (TPSA) is 73.6 Å². The lowest BCUT2D eigenvalue weighted by Gasteiger charge is -2.34. The summed E-state index contributed by atoms with van der Waals surface area (Å²) in [5.74, 6) is 1.22. The Morgan fingerprint density at radius 3 is 2.69 bits per heavy atom. The van der Waals surface area contributed by atoms with Gasteiger partial charge in [0.05, 0.1) is 28.4 Å². The van der Waals surface area contributed by atoms with Crippen LogP contribution in [0.5, 0.6) is 0 Å². The van der Waals surface area contributed by atoms with Crippen LogP contribution >= 0.6 is 23.2 Å². The third kappa shape index (κ3) is 3.58. The molecule has 2 aromatic rings. The summed E-state index contributed by atoms with van der Waals surface area (Å²) < 4.78 is 1.91. The van der Waals surface area contributed by atoms with Gasteiger partial charge >= 0.3 is 6.03 Å². The molecule has 7 nitrogen and oxygen atoms in total. The second kappa shape index (κ2) is 7.55. The highest BCUT2D eigenvalue weighted by Crippen LogP contribution is 2.37. The second-order valence-electron chi connectivity index (χ2n) is 7.60.